The van der Waals surface area contributed by atoms with Crippen molar-refractivity contribution >= 4 is 23.1 Å². The number of aryl methyl sites for hydroxylation is 1. The number of hydrogen-bond acceptors (Lipinski definition) is 3. The Labute approximate surface area is 170 Å². The summed E-state index contributed by atoms with van der Waals surface area (Å²) in [5, 5.41) is 7.20. The minimum Gasteiger partial charge on any atom is -0.334 e. The summed E-state index contributed by atoms with van der Waals surface area (Å²) < 4.78 is 2.15. The lowest BCUT2D eigenvalue weighted by atomic mass is 10.0. The molecule has 5 nitrogen and oxygen atoms in total. The number of hydrogen-bond donors (Lipinski definition) is 2. The molecule has 1 aromatic carbocycles. The quantitative estimate of drug-likeness (QED) is 0.673. The van der Waals surface area contributed by atoms with Gasteiger partial charge in [-0.25, -0.2) is 4.79 Å². The summed E-state index contributed by atoms with van der Waals surface area (Å²) in [6, 6.07) is 11.9. The third-order valence-electron chi connectivity index (χ3n) is 5.22. The summed E-state index contributed by atoms with van der Waals surface area (Å²) in [6.07, 6.45) is 6.16. The lowest BCUT2D eigenvalue weighted by Gasteiger charge is -2.22. The molecule has 0 unspecified atom stereocenters. The summed E-state index contributed by atoms with van der Waals surface area (Å²) in [5.41, 5.74) is 4.71. The van der Waals surface area contributed by atoms with Gasteiger partial charge in [0.2, 0.25) is 0 Å². The molecule has 3 aromatic rings. The molecule has 2 aromatic heterocycles. The maximum absolute atomic E-state index is 12.4. The standard InChI is InChI=1S/C22H26N4OS/c1-3-16-6-8-17(9-7-16)24-22(27)23-14-19-18-10-13-25(2)15-20(18)28-21(19)26-11-4-5-12-26/h4-9,11-12H,3,10,13-15H2,1-2H3,(H2,23,24,27). The SMILES string of the molecule is CCc1ccc(NC(=O)NCc2c(-n3cccc3)sc3c2CCN(C)C3)cc1. The molecule has 1 aliphatic heterocycles. The lowest BCUT2D eigenvalue weighted by molar-refractivity contribution is 0.251. The van der Waals surface area contributed by atoms with E-state index in [1.807, 2.05) is 47.7 Å². The summed E-state index contributed by atoms with van der Waals surface area (Å²) in [7, 11) is 2.16. The van der Waals surface area contributed by atoms with Crippen LogP contribution in [0.15, 0.2) is 48.8 Å². The first kappa shape index (κ1) is 18.8. The highest BCUT2D eigenvalue weighted by Crippen LogP contribution is 2.35. The van der Waals surface area contributed by atoms with Crippen molar-refractivity contribution in [3.63, 3.8) is 0 Å². The molecule has 0 spiro atoms. The van der Waals surface area contributed by atoms with E-state index in [9.17, 15) is 4.79 Å². The van der Waals surface area contributed by atoms with Gasteiger partial charge in [0.05, 0.1) is 0 Å². The van der Waals surface area contributed by atoms with Crippen molar-refractivity contribution < 1.29 is 4.79 Å². The van der Waals surface area contributed by atoms with E-state index in [1.165, 1.54) is 26.6 Å². The second kappa shape index (κ2) is 8.20. The molecule has 3 heterocycles. The van der Waals surface area contributed by atoms with Gasteiger partial charge in [-0.05, 0) is 55.3 Å². The molecule has 2 N–H and O–H groups in total. The summed E-state index contributed by atoms with van der Waals surface area (Å²) in [6.45, 7) is 4.68. The predicted octanol–water partition coefficient (Wildman–Crippen LogP) is 4.41. The number of nitrogens with one attached hydrogen (secondary N) is 2. The molecule has 0 saturated heterocycles. The predicted molar refractivity (Wildman–Crippen MR) is 115 cm³/mol. The van der Waals surface area contributed by atoms with Crippen LogP contribution in [0, 0.1) is 0 Å². The van der Waals surface area contributed by atoms with Crippen LogP contribution in [0.2, 0.25) is 0 Å². The van der Waals surface area contributed by atoms with Crippen LogP contribution in [-0.2, 0) is 25.9 Å². The van der Waals surface area contributed by atoms with E-state index in [1.54, 1.807) is 0 Å². The molecule has 0 atom stereocenters. The Bertz CT molecular complexity index is 944. The molecule has 0 radical (unpaired) electrons. The summed E-state index contributed by atoms with van der Waals surface area (Å²) in [5.74, 6) is 0. The Morgan fingerprint density at radius 2 is 1.93 bits per heavy atom. The number of anilines is 1. The van der Waals surface area contributed by atoms with Crippen molar-refractivity contribution in [1.82, 2.24) is 14.8 Å². The van der Waals surface area contributed by atoms with Crippen LogP contribution >= 0.6 is 11.3 Å². The fraction of sp³-hybridized carbons (Fsp3) is 0.318. The first-order chi connectivity index (χ1) is 13.6. The molecule has 0 aliphatic carbocycles. The minimum atomic E-state index is -0.171. The molecule has 146 valence electrons. The number of likely N-dealkylation sites (N-methyl/N-ethyl adjacent to an activating group) is 1. The molecule has 1 aliphatic rings. The first-order valence-electron chi connectivity index (χ1n) is 9.73. The van der Waals surface area contributed by atoms with Gasteiger partial charge in [-0.2, -0.15) is 0 Å². The van der Waals surface area contributed by atoms with E-state index in [4.69, 9.17) is 0 Å². The van der Waals surface area contributed by atoms with Crippen LogP contribution in [0.25, 0.3) is 5.00 Å². The molecule has 4 rings (SSSR count). The fourth-order valence-electron chi connectivity index (χ4n) is 3.61. The highest BCUT2D eigenvalue weighted by Gasteiger charge is 2.23. The smallest absolute Gasteiger partial charge is 0.319 e. The molecule has 6 heteroatoms. The second-order valence-corrected chi connectivity index (χ2v) is 8.31. The number of rotatable bonds is 5. The highest BCUT2D eigenvalue weighted by molar-refractivity contribution is 7.14. The van der Waals surface area contributed by atoms with Crippen molar-refractivity contribution in [2.45, 2.75) is 32.9 Å². The topological polar surface area (TPSA) is 49.3 Å². The van der Waals surface area contributed by atoms with E-state index in [0.29, 0.717) is 6.54 Å². The summed E-state index contributed by atoms with van der Waals surface area (Å²) >= 11 is 1.83. The molecule has 0 bridgehead atoms. The van der Waals surface area contributed by atoms with Crippen molar-refractivity contribution in [3.05, 3.63) is 70.4 Å². The molecule has 0 fully saturated rings. The number of benzene rings is 1. The van der Waals surface area contributed by atoms with Crippen LogP contribution in [0.3, 0.4) is 0 Å². The van der Waals surface area contributed by atoms with Gasteiger partial charge in [-0.1, -0.05) is 19.1 Å². The van der Waals surface area contributed by atoms with Crippen LogP contribution in [0.4, 0.5) is 10.5 Å². The summed E-state index contributed by atoms with van der Waals surface area (Å²) in [4.78, 5) is 16.2. The largest absolute Gasteiger partial charge is 0.334 e. The van der Waals surface area contributed by atoms with Gasteiger partial charge in [-0.15, -0.1) is 11.3 Å². The third kappa shape index (κ3) is 3.98. The number of amides is 2. The average molecular weight is 395 g/mol. The van der Waals surface area contributed by atoms with Gasteiger partial charge in [-0.3, -0.25) is 0 Å². The second-order valence-electron chi connectivity index (χ2n) is 7.22. The minimum absolute atomic E-state index is 0.171. The number of thiophene rings is 1. The Hall–Kier alpha value is -2.57. The Morgan fingerprint density at radius 1 is 1.18 bits per heavy atom. The van der Waals surface area contributed by atoms with Crippen molar-refractivity contribution in [1.29, 1.82) is 0 Å². The van der Waals surface area contributed by atoms with E-state index >= 15 is 0 Å². The Balaban J connectivity index is 1.50. The van der Waals surface area contributed by atoms with E-state index in [-0.39, 0.29) is 6.03 Å². The monoisotopic (exact) mass is 394 g/mol. The lowest BCUT2D eigenvalue weighted by Crippen LogP contribution is -2.30. The normalized spacial score (nSPS) is 13.9. The van der Waals surface area contributed by atoms with Gasteiger partial charge < -0.3 is 20.1 Å². The van der Waals surface area contributed by atoms with Gasteiger partial charge >= 0.3 is 6.03 Å². The third-order valence-corrected chi connectivity index (χ3v) is 6.49. The Kier molecular flexibility index (Phi) is 5.50. The molecule has 0 saturated carbocycles. The van der Waals surface area contributed by atoms with Gasteiger partial charge in [0.25, 0.3) is 0 Å². The zero-order valence-electron chi connectivity index (χ0n) is 16.4. The van der Waals surface area contributed by atoms with Crippen molar-refractivity contribution in [2.75, 3.05) is 18.9 Å². The maximum atomic E-state index is 12.4. The van der Waals surface area contributed by atoms with Crippen molar-refractivity contribution in [3.8, 4) is 5.00 Å². The van der Waals surface area contributed by atoms with Crippen LogP contribution in [0.1, 0.15) is 28.5 Å². The number of urea groups is 1. The fourth-order valence-corrected chi connectivity index (χ4v) is 5.02. The van der Waals surface area contributed by atoms with Crippen molar-refractivity contribution in [2.24, 2.45) is 0 Å². The number of fused-ring (bicyclic) bond motifs is 1. The number of carbonyl (C=O) groups excluding carboxylic acids is 1. The van der Waals surface area contributed by atoms with Crippen LogP contribution < -0.4 is 10.6 Å². The molecular formula is C22H26N4OS. The molecular weight excluding hydrogens is 368 g/mol. The highest BCUT2D eigenvalue weighted by atomic mass is 32.1. The number of nitrogens with zero attached hydrogens (tertiary/aromatic N) is 2. The molecule has 2 amide bonds. The number of carbonyl (C=O) groups is 1. The molecule has 28 heavy (non-hydrogen) atoms. The van der Waals surface area contributed by atoms with Gasteiger partial charge in [0, 0.05) is 48.2 Å². The van der Waals surface area contributed by atoms with E-state index < -0.39 is 0 Å². The average Bonchev–Trinajstić information content (AvgIpc) is 3.34. The van der Waals surface area contributed by atoms with E-state index in [0.717, 1.165) is 31.6 Å². The zero-order chi connectivity index (χ0) is 19.5. The van der Waals surface area contributed by atoms with Gasteiger partial charge in [0.15, 0.2) is 0 Å². The maximum Gasteiger partial charge on any atom is 0.319 e. The van der Waals surface area contributed by atoms with Crippen LogP contribution in [0.5, 0.6) is 0 Å². The zero-order valence-corrected chi connectivity index (χ0v) is 17.2. The van der Waals surface area contributed by atoms with Gasteiger partial charge in [0.1, 0.15) is 5.00 Å². The van der Waals surface area contributed by atoms with Crippen LogP contribution in [-0.4, -0.2) is 29.1 Å². The first-order valence-corrected chi connectivity index (χ1v) is 10.5. The number of aromatic nitrogens is 1. The Morgan fingerprint density at radius 3 is 2.64 bits per heavy atom. The van der Waals surface area contributed by atoms with E-state index in [2.05, 4.69) is 46.5 Å².